The molecule has 4 aromatic rings. The first-order chi connectivity index (χ1) is 20.7. The third-order valence-electron chi connectivity index (χ3n) is 8.71. The molecule has 10 nitrogen and oxygen atoms in total. The van der Waals surface area contributed by atoms with Gasteiger partial charge in [0.25, 0.3) is 0 Å². The number of carbonyl (C=O) groups is 2. The Labute approximate surface area is 248 Å². The summed E-state index contributed by atoms with van der Waals surface area (Å²) in [6.07, 6.45) is 0.0125. The van der Waals surface area contributed by atoms with Gasteiger partial charge in [-0.3, -0.25) is 9.59 Å². The third kappa shape index (κ3) is 4.15. The molecule has 7 rings (SSSR count). The average molecular weight is 583 g/mol. The number of furan rings is 1. The van der Waals surface area contributed by atoms with E-state index >= 15 is 0 Å². The highest BCUT2D eigenvalue weighted by Crippen LogP contribution is 2.59. The van der Waals surface area contributed by atoms with Gasteiger partial charge < -0.3 is 34.6 Å². The quantitative estimate of drug-likeness (QED) is 0.274. The lowest BCUT2D eigenvalue weighted by atomic mass is 9.72. The molecule has 0 fully saturated rings. The Balaban J connectivity index is 1.47. The van der Waals surface area contributed by atoms with E-state index in [0.717, 1.165) is 22.4 Å². The lowest BCUT2D eigenvalue weighted by Crippen LogP contribution is -2.52. The zero-order valence-corrected chi connectivity index (χ0v) is 24.4. The van der Waals surface area contributed by atoms with Crippen LogP contribution in [0.3, 0.4) is 0 Å². The van der Waals surface area contributed by atoms with Crippen LogP contribution in [0.4, 0.5) is 5.69 Å². The first-order valence-corrected chi connectivity index (χ1v) is 14.7. The SMILES string of the molecule is CC(C)[C@H](O)C(=O)N[C@H]1Cc2ccc3c(c2)C2(c4ccccc4N[C@H]2O3)c2oc(nc2-c2ccco2)[C@H](C(C)C)NC1=O. The predicted molar refractivity (Wildman–Crippen MR) is 157 cm³/mol. The molecule has 1 unspecified atom stereocenters. The van der Waals surface area contributed by atoms with Crippen LogP contribution in [0.5, 0.6) is 5.75 Å². The van der Waals surface area contributed by atoms with Crippen molar-refractivity contribution in [3.8, 4) is 17.2 Å². The van der Waals surface area contributed by atoms with Crippen molar-refractivity contribution < 1.29 is 28.3 Å². The number of rotatable bonds is 5. The molecular formula is C33H34N4O6. The average Bonchev–Trinajstić information content (AvgIpc) is 3.76. The minimum absolute atomic E-state index is 0.115. The van der Waals surface area contributed by atoms with Gasteiger partial charge in [0.05, 0.1) is 6.26 Å². The molecule has 4 N–H and O–H groups in total. The van der Waals surface area contributed by atoms with E-state index in [-0.39, 0.29) is 18.3 Å². The molecule has 0 aliphatic carbocycles. The number of para-hydroxylation sites is 1. The molecule has 0 radical (unpaired) electrons. The Hall–Kier alpha value is -4.57. The highest BCUT2D eigenvalue weighted by atomic mass is 16.5. The Morgan fingerprint density at radius 2 is 1.88 bits per heavy atom. The zero-order chi connectivity index (χ0) is 30.0. The van der Waals surface area contributed by atoms with E-state index in [1.807, 2.05) is 56.3 Å². The van der Waals surface area contributed by atoms with Crippen molar-refractivity contribution in [1.82, 2.24) is 15.6 Å². The predicted octanol–water partition coefficient (Wildman–Crippen LogP) is 4.28. The number of aliphatic hydroxyl groups is 1. The number of aromatic nitrogens is 1. The van der Waals surface area contributed by atoms with Gasteiger partial charge in [-0.2, -0.15) is 0 Å². The van der Waals surface area contributed by atoms with E-state index in [4.69, 9.17) is 18.6 Å². The molecule has 2 aromatic carbocycles. The first kappa shape index (κ1) is 27.3. The molecule has 2 amide bonds. The van der Waals surface area contributed by atoms with Crippen molar-refractivity contribution in [2.75, 3.05) is 5.32 Å². The summed E-state index contributed by atoms with van der Waals surface area (Å²) < 4.78 is 19.2. The monoisotopic (exact) mass is 582 g/mol. The molecule has 3 aliphatic heterocycles. The van der Waals surface area contributed by atoms with Gasteiger partial charge >= 0.3 is 0 Å². The Morgan fingerprint density at radius 3 is 2.63 bits per heavy atom. The summed E-state index contributed by atoms with van der Waals surface area (Å²) in [5.74, 6) is 0.654. The minimum atomic E-state index is -1.25. The topological polar surface area (TPSA) is 139 Å². The number of nitrogens with zero attached hydrogens (tertiary/aromatic N) is 1. The normalized spacial score (nSPS) is 24.3. The van der Waals surface area contributed by atoms with Crippen LogP contribution in [-0.4, -0.2) is 40.3 Å². The Kier molecular flexibility index (Phi) is 6.35. The van der Waals surface area contributed by atoms with Crippen LogP contribution in [-0.2, 0) is 21.4 Å². The van der Waals surface area contributed by atoms with Crippen molar-refractivity contribution in [3.05, 3.63) is 89.2 Å². The van der Waals surface area contributed by atoms with E-state index in [1.54, 1.807) is 26.2 Å². The maximum atomic E-state index is 13.9. The molecule has 2 aromatic heterocycles. The number of hydrogen-bond donors (Lipinski definition) is 4. The number of amides is 2. The van der Waals surface area contributed by atoms with Crippen molar-refractivity contribution in [3.63, 3.8) is 0 Å². The van der Waals surface area contributed by atoms with Crippen LogP contribution in [0.25, 0.3) is 11.5 Å². The number of aliphatic hydroxyl groups excluding tert-OH is 1. The number of anilines is 1. The van der Waals surface area contributed by atoms with Gasteiger partial charge in [0.15, 0.2) is 17.7 Å². The fourth-order valence-electron chi connectivity index (χ4n) is 6.44. The number of hydrogen-bond acceptors (Lipinski definition) is 8. The highest BCUT2D eigenvalue weighted by Gasteiger charge is 2.61. The summed E-state index contributed by atoms with van der Waals surface area (Å²) in [6, 6.07) is 15.9. The first-order valence-electron chi connectivity index (χ1n) is 14.7. The molecule has 5 heterocycles. The second-order valence-electron chi connectivity index (χ2n) is 12.2. The summed E-state index contributed by atoms with van der Waals surface area (Å²) >= 11 is 0. The second kappa shape index (κ2) is 10.0. The largest absolute Gasteiger partial charge is 0.469 e. The number of nitrogens with one attached hydrogen (secondary N) is 3. The number of carbonyl (C=O) groups excluding carboxylic acids is 2. The molecule has 0 saturated carbocycles. The fourth-order valence-corrected chi connectivity index (χ4v) is 6.44. The number of benzene rings is 2. The van der Waals surface area contributed by atoms with Gasteiger partial charge in [-0.1, -0.05) is 58.0 Å². The lowest BCUT2D eigenvalue weighted by Gasteiger charge is -2.29. The molecule has 222 valence electrons. The van der Waals surface area contributed by atoms with Crippen LogP contribution < -0.4 is 20.7 Å². The van der Waals surface area contributed by atoms with Crippen LogP contribution in [0.1, 0.15) is 62.1 Å². The Bertz CT molecular complexity index is 1710. The van der Waals surface area contributed by atoms with Crippen LogP contribution in [0.2, 0.25) is 0 Å². The van der Waals surface area contributed by atoms with Gasteiger partial charge in [0, 0.05) is 17.7 Å². The summed E-state index contributed by atoms with van der Waals surface area (Å²) in [4.78, 5) is 31.8. The van der Waals surface area contributed by atoms with Crippen molar-refractivity contribution in [1.29, 1.82) is 0 Å². The van der Waals surface area contributed by atoms with Crippen molar-refractivity contribution in [2.24, 2.45) is 11.8 Å². The summed E-state index contributed by atoms with van der Waals surface area (Å²) in [7, 11) is 0. The van der Waals surface area contributed by atoms with E-state index < -0.39 is 41.6 Å². The van der Waals surface area contributed by atoms with Gasteiger partial charge in [0.1, 0.15) is 35.0 Å². The summed E-state index contributed by atoms with van der Waals surface area (Å²) in [6.45, 7) is 7.44. The number of fused-ring (bicyclic) bond motifs is 4. The molecular weight excluding hydrogens is 548 g/mol. The smallest absolute Gasteiger partial charge is 0.249 e. The maximum absolute atomic E-state index is 13.9. The molecule has 43 heavy (non-hydrogen) atoms. The Morgan fingerprint density at radius 1 is 1.07 bits per heavy atom. The van der Waals surface area contributed by atoms with Gasteiger partial charge in [-0.15, -0.1) is 0 Å². The fraction of sp³-hybridized carbons (Fsp3) is 0.364. The van der Waals surface area contributed by atoms with Gasteiger partial charge in [0.2, 0.25) is 17.7 Å². The summed E-state index contributed by atoms with van der Waals surface area (Å²) in [5, 5.41) is 19.9. The van der Waals surface area contributed by atoms with Crippen LogP contribution >= 0.6 is 0 Å². The maximum Gasteiger partial charge on any atom is 0.249 e. The van der Waals surface area contributed by atoms with Crippen molar-refractivity contribution in [2.45, 2.75) is 63.9 Å². The highest BCUT2D eigenvalue weighted by molar-refractivity contribution is 5.90. The number of ether oxygens (including phenoxy) is 1. The molecule has 4 bridgehead atoms. The van der Waals surface area contributed by atoms with E-state index in [2.05, 4.69) is 22.0 Å². The molecule has 3 aliphatic rings. The molecule has 1 spiro atoms. The molecule has 0 saturated heterocycles. The van der Waals surface area contributed by atoms with Crippen LogP contribution in [0, 0.1) is 11.8 Å². The summed E-state index contributed by atoms with van der Waals surface area (Å²) in [5.41, 5.74) is 3.16. The third-order valence-corrected chi connectivity index (χ3v) is 8.71. The van der Waals surface area contributed by atoms with Gasteiger partial charge in [-0.25, -0.2) is 4.98 Å². The zero-order valence-electron chi connectivity index (χ0n) is 24.4. The van der Waals surface area contributed by atoms with E-state index in [9.17, 15) is 14.7 Å². The van der Waals surface area contributed by atoms with E-state index in [1.165, 1.54) is 0 Å². The second-order valence-corrected chi connectivity index (χ2v) is 12.2. The van der Waals surface area contributed by atoms with Crippen LogP contribution in [0.15, 0.2) is 69.7 Å². The minimum Gasteiger partial charge on any atom is -0.469 e. The standard InChI is InChI=1S/C33H34N4O6/c1-16(2)25-31-37-26(24-10-7-13-41-24)28(43-31)33-19-8-5-6-9-21(19)35-32(33)42-23-12-11-18(14-20(23)33)15-22(29(39)36-25)34-30(40)27(38)17(3)4/h5-14,16-17,22,25,27,32,35,38H,15H2,1-4H3,(H,34,40)(H,36,39)/t22-,25-,27-,32-,33?/m0/s1. The molecule has 10 heteroatoms. The lowest BCUT2D eigenvalue weighted by molar-refractivity contribution is -0.135. The van der Waals surface area contributed by atoms with Gasteiger partial charge in [-0.05, 0) is 47.2 Å². The van der Waals surface area contributed by atoms with E-state index in [0.29, 0.717) is 28.9 Å². The molecule has 5 atom stereocenters. The number of oxazole rings is 1. The van der Waals surface area contributed by atoms with Crippen molar-refractivity contribution >= 4 is 17.5 Å².